The standard InChI is InChI=1S/C50H87NO9/c1-6-9-11-12-20-26-31-43(42(8-3)37-48(55)56)32-27-21-17-18-23-29-35-47(54)51-45(39-52)40-60-50(5,59)36-30-24-19-15-13-14-16-22-28-34-44(33-25-10-7-2)46(41(4)53)38-49(57)58/h8,16,22,27-28,32,34,42-46,52-53,59H,3-4,6-7,9-15,17-21,23-26,29-31,33,35-40H2,1-2,5H3,(H,51,54)(H,55,56)(H,57,58)/b22-16-,32-27+,34-28+/t42?,43?,44?,45?,46?,50-/m1/s1. The molecule has 346 valence electrons. The molecule has 0 bridgehead atoms. The van der Waals surface area contributed by atoms with Gasteiger partial charge in [-0.3, -0.25) is 14.4 Å². The Morgan fingerprint density at radius 1 is 0.683 bits per heavy atom. The number of carbonyl (C=O) groups excluding carboxylic acids is 1. The van der Waals surface area contributed by atoms with Crippen LogP contribution < -0.4 is 5.32 Å². The molecule has 0 aromatic rings. The van der Waals surface area contributed by atoms with Gasteiger partial charge in [-0.05, 0) is 76.0 Å². The Bertz CT molecular complexity index is 1230. The summed E-state index contributed by atoms with van der Waals surface area (Å²) in [6, 6.07) is -0.589. The third-order valence-electron chi connectivity index (χ3n) is 11.3. The lowest BCUT2D eigenvalue weighted by molar-refractivity contribution is -0.200. The van der Waals surface area contributed by atoms with E-state index in [9.17, 15) is 39.9 Å². The Labute approximate surface area is 364 Å². The Morgan fingerprint density at radius 2 is 1.23 bits per heavy atom. The normalized spacial score (nSPS) is 15.5. The van der Waals surface area contributed by atoms with Gasteiger partial charge in [-0.15, -0.1) is 6.58 Å². The summed E-state index contributed by atoms with van der Waals surface area (Å²) in [4.78, 5) is 35.3. The average molecular weight is 846 g/mol. The number of carboxylic acids is 2. The van der Waals surface area contributed by atoms with E-state index in [4.69, 9.17) is 4.74 Å². The number of nitrogens with one attached hydrogen (secondary N) is 1. The van der Waals surface area contributed by atoms with Crippen LogP contribution in [0.3, 0.4) is 0 Å². The van der Waals surface area contributed by atoms with Crippen LogP contribution in [0.25, 0.3) is 0 Å². The fraction of sp³-hybridized carbons (Fsp3) is 0.740. The quantitative estimate of drug-likeness (QED) is 0.0115. The van der Waals surface area contributed by atoms with Gasteiger partial charge in [-0.1, -0.05) is 153 Å². The Hall–Kier alpha value is -3.21. The van der Waals surface area contributed by atoms with Crippen molar-refractivity contribution in [2.24, 2.45) is 23.7 Å². The first-order valence-corrected chi connectivity index (χ1v) is 23.5. The van der Waals surface area contributed by atoms with Crippen LogP contribution in [-0.4, -0.2) is 68.4 Å². The molecule has 0 saturated heterocycles. The molecule has 0 aromatic carbocycles. The number of hydrogen-bond acceptors (Lipinski definition) is 7. The lowest BCUT2D eigenvalue weighted by Crippen LogP contribution is -2.43. The molecule has 0 saturated carbocycles. The molecular formula is C50H87NO9. The number of aliphatic hydroxyl groups is 3. The SMILES string of the molecule is C=CC(CC(=O)O)C(/C=C/CCCCCCC(=O)NC(CO)CO[C@@](C)(O)CCCCCCC/C=C\C=C\C(CCCCC)C(CC(=O)O)C(=C)O)CCCCCCCC. The summed E-state index contributed by atoms with van der Waals surface area (Å²) in [5.74, 6) is -3.72. The molecular weight excluding hydrogens is 759 g/mol. The van der Waals surface area contributed by atoms with Crippen molar-refractivity contribution in [2.45, 2.75) is 200 Å². The van der Waals surface area contributed by atoms with E-state index in [-0.39, 0.29) is 55.5 Å². The number of unbranched alkanes of at least 4 members (excludes halogenated alkanes) is 16. The average Bonchev–Trinajstić information content (AvgIpc) is 3.20. The van der Waals surface area contributed by atoms with E-state index in [1.165, 1.54) is 32.1 Å². The minimum absolute atomic E-state index is 0.0236. The molecule has 0 radical (unpaired) electrons. The molecule has 0 aliphatic heterocycles. The molecule has 0 aliphatic rings. The maximum Gasteiger partial charge on any atom is 0.304 e. The van der Waals surface area contributed by atoms with Crippen LogP contribution in [0.4, 0.5) is 0 Å². The zero-order valence-electron chi connectivity index (χ0n) is 38.0. The number of ether oxygens (including phenoxy) is 1. The van der Waals surface area contributed by atoms with Gasteiger partial charge in [-0.2, -0.15) is 0 Å². The third kappa shape index (κ3) is 32.5. The van der Waals surface area contributed by atoms with Gasteiger partial charge in [0.2, 0.25) is 5.91 Å². The van der Waals surface area contributed by atoms with Crippen LogP contribution in [0.15, 0.2) is 61.4 Å². The number of carboxylic acid groups (broad SMARTS) is 2. The number of rotatable bonds is 42. The van der Waals surface area contributed by atoms with Gasteiger partial charge in [-0.25, -0.2) is 0 Å². The predicted molar refractivity (Wildman–Crippen MR) is 246 cm³/mol. The summed E-state index contributed by atoms with van der Waals surface area (Å²) in [6.07, 6.45) is 37.6. The van der Waals surface area contributed by atoms with E-state index >= 15 is 0 Å². The summed E-state index contributed by atoms with van der Waals surface area (Å²) >= 11 is 0. The molecule has 10 nitrogen and oxygen atoms in total. The van der Waals surface area contributed by atoms with E-state index in [0.29, 0.717) is 12.8 Å². The second-order valence-electron chi connectivity index (χ2n) is 17.0. The highest BCUT2D eigenvalue weighted by atomic mass is 16.6. The number of hydrogen-bond donors (Lipinski definition) is 6. The van der Waals surface area contributed by atoms with Gasteiger partial charge in [0.25, 0.3) is 0 Å². The molecule has 60 heavy (non-hydrogen) atoms. The molecule has 0 fully saturated rings. The largest absolute Gasteiger partial charge is 0.513 e. The van der Waals surface area contributed by atoms with Gasteiger partial charge < -0.3 is 35.6 Å². The highest BCUT2D eigenvalue weighted by Gasteiger charge is 2.25. The highest BCUT2D eigenvalue weighted by Crippen LogP contribution is 2.29. The highest BCUT2D eigenvalue weighted by molar-refractivity contribution is 5.76. The molecule has 0 rings (SSSR count). The lowest BCUT2D eigenvalue weighted by atomic mass is 9.84. The molecule has 0 aromatic heterocycles. The van der Waals surface area contributed by atoms with Crippen molar-refractivity contribution in [2.75, 3.05) is 13.2 Å². The zero-order chi connectivity index (χ0) is 44.9. The van der Waals surface area contributed by atoms with Crippen LogP contribution in [0.5, 0.6) is 0 Å². The van der Waals surface area contributed by atoms with Gasteiger partial charge in [0, 0.05) is 18.8 Å². The van der Waals surface area contributed by atoms with Crippen molar-refractivity contribution in [1.82, 2.24) is 5.32 Å². The van der Waals surface area contributed by atoms with Gasteiger partial charge in [0.1, 0.15) is 0 Å². The van der Waals surface area contributed by atoms with Crippen molar-refractivity contribution < 1.29 is 44.7 Å². The fourth-order valence-electron chi connectivity index (χ4n) is 7.58. The van der Waals surface area contributed by atoms with E-state index in [0.717, 1.165) is 109 Å². The summed E-state index contributed by atoms with van der Waals surface area (Å²) < 4.78 is 5.71. The minimum Gasteiger partial charge on any atom is -0.513 e. The topological polar surface area (TPSA) is 174 Å². The van der Waals surface area contributed by atoms with Crippen LogP contribution in [0.2, 0.25) is 0 Å². The maximum absolute atomic E-state index is 12.6. The molecule has 0 heterocycles. The summed E-state index contributed by atoms with van der Waals surface area (Å²) in [5, 5.41) is 52.1. The summed E-state index contributed by atoms with van der Waals surface area (Å²) in [7, 11) is 0. The Kier molecular flexibility index (Phi) is 35.5. The van der Waals surface area contributed by atoms with Gasteiger partial charge in [0.05, 0.1) is 37.9 Å². The number of allylic oxidation sites excluding steroid dienone is 8. The second-order valence-corrected chi connectivity index (χ2v) is 17.0. The fourth-order valence-corrected chi connectivity index (χ4v) is 7.58. The van der Waals surface area contributed by atoms with Crippen molar-refractivity contribution in [3.63, 3.8) is 0 Å². The molecule has 0 aliphatic carbocycles. The predicted octanol–water partition coefficient (Wildman–Crippen LogP) is 11.9. The molecule has 10 heteroatoms. The van der Waals surface area contributed by atoms with Gasteiger partial charge >= 0.3 is 11.9 Å². The molecule has 1 amide bonds. The maximum atomic E-state index is 12.6. The van der Waals surface area contributed by atoms with Gasteiger partial charge in [0.15, 0.2) is 5.79 Å². The number of aliphatic carboxylic acids is 2. The van der Waals surface area contributed by atoms with E-state index in [2.05, 4.69) is 50.6 Å². The second kappa shape index (κ2) is 37.5. The first-order chi connectivity index (χ1) is 28.8. The van der Waals surface area contributed by atoms with Crippen LogP contribution >= 0.6 is 0 Å². The molecule has 0 spiro atoms. The Morgan fingerprint density at radius 3 is 1.85 bits per heavy atom. The van der Waals surface area contributed by atoms with Crippen molar-refractivity contribution in [3.05, 3.63) is 61.4 Å². The minimum atomic E-state index is -1.35. The van der Waals surface area contributed by atoms with Crippen LogP contribution in [0.1, 0.15) is 188 Å². The molecule has 5 unspecified atom stereocenters. The lowest BCUT2D eigenvalue weighted by Gasteiger charge is -2.26. The third-order valence-corrected chi connectivity index (χ3v) is 11.3. The van der Waals surface area contributed by atoms with Crippen molar-refractivity contribution in [1.29, 1.82) is 0 Å². The monoisotopic (exact) mass is 846 g/mol. The zero-order valence-corrected chi connectivity index (χ0v) is 38.0. The van der Waals surface area contributed by atoms with Crippen LogP contribution in [0, 0.1) is 23.7 Å². The number of carbonyl (C=O) groups is 3. The first kappa shape index (κ1) is 56.8. The van der Waals surface area contributed by atoms with Crippen molar-refractivity contribution in [3.8, 4) is 0 Å². The van der Waals surface area contributed by atoms with E-state index in [1.54, 1.807) is 13.0 Å². The molecule has 6 N–H and O–H groups in total. The smallest absolute Gasteiger partial charge is 0.304 e. The van der Waals surface area contributed by atoms with E-state index in [1.807, 2.05) is 18.2 Å². The Balaban J connectivity index is 4.37. The van der Waals surface area contributed by atoms with E-state index < -0.39 is 29.7 Å². The first-order valence-electron chi connectivity index (χ1n) is 23.5. The summed E-state index contributed by atoms with van der Waals surface area (Å²) in [6.45, 7) is 13.2. The van der Waals surface area contributed by atoms with Crippen molar-refractivity contribution >= 4 is 17.8 Å². The number of aliphatic hydroxyl groups excluding tert-OH is 2. The molecule has 6 atom stereocenters. The van der Waals surface area contributed by atoms with Crippen LogP contribution in [-0.2, 0) is 19.1 Å². The number of amides is 1. The summed E-state index contributed by atoms with van der Waals surface area (Å²) in [5.41, 5.74) is 0.